The molecular weight excluding hydrogens is 410 g/mol. The summed E-state index contributed by atoms with van der Waals surface area (Å²) in [7, 11) is 2.11. The molecule has 2 aliphatic heterocycles. The summed E-state index contributed by atoms with van der Waals surface area (Å²) in [6.07, 6.45) is 5.85. The number of amides is 2. The molecule has 2 amide bonds. The minimum Gasteiger partial charge on any atom is -0.343 e. The van der Waals surface area contributed by atoms with Crippen molar-refractivity contribution < 1.29 is 9.59 Å². The maximum absolute atomic E-state index is 14.0. The molecule has 0 aromatic heterocycles. The molecule has 174 valence electrons. The molecule has 0 N–H and O–H groups in total. The minimum atomic E-state index is -0.515. The number of piperidine rings is 1. The van der Waals surface area contributed by atoms with E-state index in [2.05, 4.69) is 65.4 Å². The monoisotopic (exact) mass is 445 g/mol. The van der Waals surface area contributed by atoms with Crippen LogP contribution in [0.15, 0.2) is 54.6 Å². The van der Waals surface area contributed by atoms with E-state index in [9.17, 15) is 9.59 Å². The predicted octanol–water partition coefficient (Wildman–Crippen LogP) is 4.35. The molecule has 0 radical (unpaired) electrons. The second-order valence-corrected chi connectivity index (χ2v) is 10.1. The zero-order valence-electron chi connectivity index (χ0n) is 19.9. The quantitative estimate of drug-likeness (QED) is 0.664. The number of benzene rings is 2. The largest absolute Gasteiger partial charge is 0.343 e. The summed E-state index contributed by atoms with van der Waals surface area (Å²) >= 11 is 0. The van der Waals surface area contributed by atoms with Crippen LogP contribution in [0.3, 0.4) is 0 Å². The Morgan fingerprint density at radius 3 is 2.21 bits per heavy atom. The smallest absolute Gasteiger partial charge is 0.244 e. The molecule has 2 saturated heterocycles. The van der Waals surface area contributed by atoms with Crippen LogP contribution in [0.1, 0.15) is 67.8 Å². The highest BCUT2D eigenvalue weighted by molar-refractivity contribution is 5.89. The molecule has 2 heterocycles. The third-order valence-electron chi connectivity index (χ3n) is 8.02. The zero-order chi connectivity index (χ0) is 23.0. The summed E-state index contributed by atoms with van der Waals surface area (Å²) in [5.74, 6) is 1.06. The number of aryl methyl sites for hydroxylation is 1. The molecule has 5 heteroatoms. The highest BCUT2D eigenvalue weighted by Gasteiger charge is 2.56. The number of likely N-dealkylation sites (tertiary alicyclic amines) is 1. The predicted molar refractivity (Wildman–Crippen MR) is 130 cm³/mol. The fraction of sp³-hybridized carbons (Fsp3) is 0.500. The third-order valence-corrected chi connectivity index (χ3v) is 8.02. The number of carbonyl (C=O) groups excluding carboxylic acids is 2. The van der Waals surface area contributed by atoms with Gasteiger partial charge in [-0.2, -0.15) is 0 Å². The molecule has 3 aliphatic rings. The molecule has 5 rings (SSSR count). The van der Waals surface area contributed by atoms with Crippen LogP contribution in [0.4, 0.5) is 0 Å². The van der Waals surface area contributed by atoms with Gasteiger partial charge in [0.2, 0.25) is 11.8 Å². The summed E-state index contributed by atoms with van der Waals surface area (Å²) in [5, 5.41) is 0. The first-order valence-corrected chi connectivity index (χ1v) is 12.4. The van der Waals surface area contributed by atoms with Gasteiger partial charge in [-0.15, -0.1) is 0 Å². The van der Waals surface area contributed by atoms with E-state index in [1.54, 1.807) is 6.92 Å². The Bertz CT molecular complexity index is 992. The molecule has 2 aromatic carbocycles. The van der Waals surface area contributed by atoms with E-state index in [0.717, 1.165) is 25.3 Å². The Labute approximate surface area is 197 Å². The number of hydrogen-bond donors (Lipinski definition) is 0. The normalized spacial score (nSPS) is 22.8. The van der Waals surface area contributed by atoms with Crippen LogP contribution in [-0.4, -0.2) is 58.7 Å². The van der Waals surface area contributed by atoms with Crippen LogP contribution in [0.2, 0.25) is 0 Å². The molecule has 1 saturated carbocycles. The van der Waals surface area contributed by atoms with E-state index >= 15 is 0 Å². The van der Waals surface area contributed by atoms with Gasteiger partial charge in [-0.05, 0) is 68.2 Å². The first kappa shape index (κ1) is 22.1. The molecule has 1 unspecified atom stereocenters. The Hall–Kier alpha value is -2.66. The lowest BCUT2D eigenvalue weighted by molar-refractivity contribution is -0.139. The summed E-state index contributed by atoms with van der Waals surface area (Å²) in [6, 6.07) is 19.5. The number of carbonyl (C=O) groups is 2. The van der Waals surface area contributed by atoms with E-state index in [1.807, 2.05) is 11.0 Å². The molecule has 0 bridgehead atoms. The Balaban J connectivity index is 1.39. The second kappa shape index (κ2) is 8.94. The molecule has 2 aromatic rings. The van der Waals surface area contributed by atoms with Gasteiger partial charge >= 0.3 is 0 Å². The van der Waals surface area contributed by atoms with Crippen LogP contribution >= 0.6 is 0 Å². The SMILES string of the molecule is CC(=O)N1CCC2(CC1)C(=O)N(CCCc1ccccc1)C(c1ccc(C3CC3)cc1)N2C. The maximum atomic E-state index is 14.0. The van der Waals surface area contributed by atoms with E-state index in [-0.39, 0.29) is 18.0 Å². The second-order valence-electron chi connectivity index (χ2n) is 10.1. The van der Waals surface area contributed by atoms with Crippen molar-refractivity contribution in [2.45, 2.75) is 63.1 Å². The molecule has 33 heavy (non-hydrogen) atoms. The molecular formula is C28H35N3O2. The summed E-state index contributed by atoms with van der Waals surface area (Å²) < 4.78 is 0. The highest BCUT2D eigenvalue weighted by atomic mass is 16.2. The van der Waals surface area contributed by atoms with Crippen molar-refractivity contribution in [1.29, 1.82) is 0 Å². The molecule has 3 fully saturated rings. The van der Waals surface area contributed by atoms with Gasteiger partial charge in [0, 0.05) is 26.6 Å². The van der Waals surface area contributed by atoms with Crippen LogP contribution in [-0.2, 0) is 16.0 Å². The van der Waals surface area contributed by atoms with Crippen molar-refractivity contribution in [1.82, 2.24) is 14.7 Å². The van der Waals surface area contributed by atoms with Gasteiger partial charge in [-0.3, -0.25) is 14.5 Å². The molecule has 1 spiro atoms. The van der Waals surface area contributed by atoms with Crippen LogP contribution in [0.25, 0.3) is 0 Å². The molecule has 1 aliphatic carbocycles. The summed E-state index contributed by atoms with van der Waals surface area (Å²) in [5.41, 5.74) is 3.41. The number of likely N-dealkylation sites (N-methyl/N-ethyl adjacent to an activating group) is 1. The lowest BCUT2D eigenvalue weighted by Gasteiger charge is -2.41. The van der Waals surface area contributed by atoms with Crippen molar-refractivity contribution >= 4 is 11.8 Å². The van der Waals surface area contributed by atoms with Crippen LogP contribution < -0.4 is 0 Å². The van der Waals surface area contributed by atoms with E-state index in [1.165, 1.54) is 29.5 Å². The first-order chi connectivity index (χ1) is 16.0. The standard InChI is InChI=1S/C28H35N3O2/c1-21(32)30-19-16-28(17-20-30)27(33)31(18-6-9-22-7-4-3-5-8-22)26(29(28)2)25-14-12-24(13-15-25)23-10-11-23/h3-5,7-8,12-15,23,26H,6,9-11,16-20H2,1-2H3. The van der Waals surface area contributed by atoms with Crippen LogP contribution in [0, 0.1) is 0 Å². The van der Waals surface area contributed by atoms with Crippen molar-refractivity contribution in [2.75, 3.05) is 26.7 Å². The third kappa shape index (κ3) is 4.19. The lowest BCUT2D eigenvalue weighted by atomic mass is 9.86. The van der Waals surface area contributed by atoms with E-state index in [0.29, 0.717) is 25.9 Å². The maximum Gasteiger partial charge on any atom is 0.244 e. The lowest BCUT2D eigenvalue weighted by Crippen LogP contribution is -2.55. The van der Waals surface area contributed by atoms with Gasteiger partial charge in [0.1, 0.15) is 11.7 Å². The molecule has 5 nitrogen and oxygen atoms in total. The van der Waals surface area contributed by atoms with Crippen molar-refractivity contribution in [3.8, 4) is 0 Å². The fourth-order valence-electron chi connectivity index (χ4n) is 5.81. The average Bonchev–Trinajstić information content (AvgIpc) is 3.67. The summed E-state index contributed by atoms with van der Waals surface area (Å²) in [6.45, 7) is 3.66. The van der Waals surface area contributed by atoms with Gasteiger partial charge in [-0.25, -0.2) is 0 Å². The number of rotatable bonds is 6. The van der Waals surface area contributed by atoms with E-state index < -0.39 is 5.54 Å². The zero-order valence-corrected chi connectivity index (χ0v) is 19.9. The van der Waals surface area contributed by atoms with Crippen molar-refractivity contribution in [2.24, 2.45) is 0 Å². The van der Waals surface area contributed by atoms with Gasteiger partial charge in [0.05, 0.1) is 0 Å². The van der Waals surface area contributed by atoms with E-state index in [4.69, 9.17) is 0 Å². The highest BCUT2D eigenvalue weighted by Crippen LogP contribution is 2.46. The minimum absolute atomic E-state index is 0.0506. The Morgan fingerprint density at radius 2 is 1.61 bits per heavy atom. The van der Waals surface area contributed by atoms with Crippen molar-refractivity contribution in [3.63, 3.8) is 0 Å². The number of nitrogens with zero attached hydrogens (tertiary/aromatic N) is 3. The van der Waals surface area contributed by atoms with Gasteiger partial charge in [0.25, 0.3) is 0 Å². The topological polar surface area (TPSA) is 43.9 Å². The first-order valence-electron chi connectivity index (χ1n) is 12.4. The molecule has 1 atom stereocenters. The van der Waals surface area contributed by atoms with Gasteiger partial charge in [-0.1, -0.05) is 54.6 Å². The Kier molecular flexibility index (Phi) is 6.00. The van der Waals surface area contributed by atoms with Crippen molar-refractivity contribution in [3.05, 3.63) is 71.3 Å². The van der Waals surface area contributed by atoms with Gasteiger partial charge in [0.15, 0.2) is 0 Å². The fourth-order valence-corrected chi connectivity index (χ4v) is 5.81. The summed E-state index contributed by atoms with van der Waals surface area (Å²) in [4.78, 5) is 32.2. The van der Waals surface area contributed by atoms with Crippen LogP contribution in [0.5, 0.6) is 0 Å². The number of hydrogen-bond acceptors (Lipinski definition) is 3. The average molecular weight is 446 g/mol. The Morgan fingerprint density at radius 1 is 0.970 bits per heavy atom. The van der Waals surface area contributed by atoms with Gasteiger partial charge < -0.3 is 9.80 Å².